The average Bonchev–Trinajstić information content (AvgIpc) is 2.63. The van der Waals surface area contributed by atoms with Crippen LogP contribution in [0.3, 0.4) is 0 Å². The Hall–Kier alpha value is -2.45. The highest BCUT2D eigenvalue weighted by atomic mass is 35.5. The number of benzene rings is 1. The van der Waals surface area contributed by atoms with Gasteiger partial charge in [-0.05, 0) is 36.9 Å². The van der Waals surface area contributed by atoms with Crippen molar-refractivity contribution in [2.45, 2.75) is 18.4 Å². The molecule has 1 N–H and O–H groups in total. The molecule has 0 fully saturated rings. The van der Waals surface area contributed by atoms with E-state index < -0.39 is 33.7 Å². The van der Waals surface area contributed by atoms with Crippen LogP contribution >= 0.6 is 23.4 Å². The van der Waals surface area contributed by atoms with Crippen LogP contribution in [0.2, 0.25) is 5.15 Å². The second kappa shape index (κ2) is 7.28. The van der Waals surface area contributed by atoms with Crippen molar-refractivity contribution in [2.24, 2.45) is 0 Å². The number of pyridine rings is 2. The molecule has 2 aromatic heterocycles. The van der Waals surface area contributed by atoms with Gasteiger partial charge in [-0.15, -0.1) is 11.8 Å². The van der Waals surface area contributed by atoms with Crippen molar-refractivity contribution in [1.82, 2.24) is 9.55 Å². The minimum Gasteiger partial charge on any atom is -0.477 e. The van der Waals surface area contributed by atoms with Crippen LogP contribution in [0.15, 0.2) is 34.1 Å². The van der Waals surface area contributed by atoms with E-state index in [4.69, 9.17) is 11.6 Å². The molecule has 3 rings (SSSR count). The van der Waals surface area contributed by atoms with Gasteiger partial charge in [0.25, 0.3) is 0 Å². The van der Waals surface area contributed by atoms with Crippen LogP contribution in [0.5, 0.6) is 0 Å². The number of hydrogen-bond acceptors (Lipinski definition) is 4. The van der Waals surface area contributed by atoms with Crippen LogP contribution in [0.1, 0.15) is 22.8 Å². The third-order valence-corrected chi connectivity index (χ3v) is 5.13. The third-order valence-electron chi connectivity index (χ3n) is 4.10. The van der Waals surface area contributed by atoms with E-state index >= 15 is 0 Å². The maximum atomic E-state index is 14.5. The van der Waals surface area contributed by atoms with E-state index in [2.05, 4.69) is 4.98 Å². The highest BCUT2D eigenvalue weighted by Gasteiger charge is 2.27. The Kier molecular flexibility index (Phi) is 5.21. The van der Waals surface area contributed by atoms with Gasteiger partial charge in [0, 0.05) is 11.3 Å². The van der Waals surface area contributed by atoms with Gasteiger partial charge in [0.05, 0.1) is 10.4 Å². The Bertz CT molecular complexity index is 1130. The summed E-state index contributed by atoms with van der Waals surface area (Å²) in [6.45, 7) is 1.62. The zero-order valence-electron chi connectivity index (χ0n) is 14.2. The van der Waals surface area contributed by atoms with E-state index in [0.717, 1.165) is 11.8 Å². The number of nitrogens with zero attached hydrogens (tertiary/aromatic N) is 2. The monoisotopic (exact) mass is 410 g/mol. The summed E-state index contributed by atoms with van der Waals surface area (Å²) in [4.78, 5) is 28.7. The fourth-order valence-electron chi connectivity index (χ4n) is 2.94. The smallest absolute Gasteiger partial charge is 0.342 e. The van der Waals surface area contributed by atoms with Crippen molar-refractivity contribution in [1.29, 1.82) is 0 Å². The quantitative estimate of drug-likeness (QED) is 0.513. The summed E-state index contributed by atoms with van der Waals surface area (Å²) >= 11 is 6.94. The molecule has 3 aromatic rings. The van der Waals surface area contributed by atoms with Crippen molar-refractivity contribution in [2.75, 3.05) is 6.26 Å². The Morgan fingerprint density at radius 3 is 2.44 bits per heavy atom. The summed E-state index contributed by atoms with van der Waals surface area (Å²) in [5.41, 5.74) is -0.964. The molecule has 5 nitrogen and oxygen atoms in total. The standard InChI is InChI=1S/C18H13ClF2N2O3S/c1-3-10-11-14(24)12(18(25)26)17(27-2)23(9-6-4-8(20)5-7-9)16(11)22-15(19)13(10)21/h4-7H,3H2,1-2H3,(H,25,26). The molecule has 0 atom stereocenters. The van der Waals surface area contributed by atoms with E-state index in [1.807, 2.05) is 0 Å². The van der Waals surface area contributed by atoms with Crippen LogP contribution in [-0.4, -0.2) is 26.9 Å². The Morgan fingerprint density at radius 2 is 1.93 bits per heavy atom. The lowest BCUT2D eigenvalue weighted by atomic mass is 10.1. The van der Waals surface area contributed by atoms with Crippen LogP contribution in [-0.2, 0) is 6.42 Å². The first kappa shape index (κ1) is 19.3. The van der Waals surface area contributed by atoms with Crippen LogP contribution in [0.4, 0.5) is 8.78 Å². The topological polar surface area (TPSA) is 72.2 Å². The van der Waals surface area contributed by atoms with Gasteiger partial charge in [-0.2, -0.15) is 0 Å². The maximum absolute atomic E-state index is 14.5. The molecule has 9 heteroatoms. The molecule has 0 amide bonds. The van der Waals surface area contributed by atoms with Crippen LogP contribution < -0.4 is 5.43 Å². The second-order valence-electron chi connectivity index (χ2n) is 5.58. The third kappa shape index (κ3) is 3.08. The summed E-state index contributed by atoms with van der Waals surface area (Å²) in [7, 11) is 0. The summed E-state index contributed by atoms with van der Waals surface area (Å²) in [5.74, 6) is -2.79. The molecular weight excluding hydrogens is 398 g/mol. The SMILES string of the molecule is CCc1c(F)c(Cl)nc2c1c(=O)c(C(=O)O)c(SC)n2-c1ccc(F)cc1. The number of aromatic nitrogens is 2. The molecule has 0 saturated heterocycles. The van der Waals surface area contributed by atoms with Gasteiger partial charge >= 0.3 is 5.97 Å². The van der Waals surface area contributed by atoms with E-state index in [-0.39, 0.29) is 28.0 Å². The zero-order valence-corrected chi connectivity index (χ0v) is 15.8. The Labute approximate surface area is 161 Å². The van der Waals surface area contributed by atoms with Crippen molar-refractivity contribution >= 4 is 40.4 Å². The van der Waals surface area contributed by atoms with Gasteiger partial charge in [0.2, 0.25) is 5.43 Å². The number of carboxylic acids is 1. The van der Waals surface area contributed by atoms with Crippen LogP contribution in [0, 0.1) is 11.6 Å². The molecule has 140 valence electrons. The lowest BCUT2D eigenvalue weighted by molar-refractivity contribution is 0.0690. The highest BCUT2D eigenvalue weighted by molar-refractivity contribution is 7.98. The number of aryl methyl sites for hydroxylation is 1. The van der Waals surface area contributed by atoms with Gasteiger partial charge in [-0.3, -0.25) is 9.36 Å². The molecule has 0 aliphatic carbocycles. The number of thioether (sulfide) groups is 1. The predicted octanol–water partition coefficient (Wildman–Crippen LogP) is 4.30. The molecule has 27 heavy (non-hydrogen) atoms. The summed E-state index contributed by atoms with van der Waals surface area (Å²) in [6.07, 6.45) is 1.71. The lowest BCUT2D eigenvalue weighted by Gasteiger charge is -2.19. The Morgan fingerprint density at radius 1 is 1.30 bits per heavy atom. The van der Waals surface area contributed by atoms with Crippen molar-refractivity contribution in [3.05, 3.63) is 62.4 Å². The molecule has 0 unspecified atom stereocenters. The van der Waals surface area contributed by atoms with Crippen molar-refractivity contribution < 1.29 is 18.7 Å². The van der Waals surface area contributed by atoms with E-state index in [9.17, 15) is 23.5 Å². The minimum atomic E-state index is -1.44. The van der Waals surface area contributed by atoms with Gasteiger partial charge in [-0.1, -0.05) is 18.5 Å². The molecule has 1 aromatic carbocycles. The van der Waals surface area contributed by atoms with Gasteiger partial charge in [0.1, 0.15) is 11.4 Å². The number of fused-ring (bicyclic) bond motifs is 1. The number of rotatable bonds is 4. The number of carbonyl (C=O) groups is 1. The van der Waals surface area contributed by atoms with Crippen molar-refractivity contribution in [3.8, 4) is 5.69 Å². The number of carboxylic acid groups (broad SMARTS) is 1. The highest BCUT2D eigenvalue weighted by Crippen LogP contribution is 2.31. The molecule has 0 aliphatic rings. The molecular formula is C18H13ClF2N2O3S. The van der Waals surface area contributed by atoms with E-state index in [1.165, 1.54) is 28.8 Å². The zero-order chi connectivity index (χ0) is 19.9. The molecule has 0 aliphatic heterocycles. The van der Waals surface area contributed by atoms with Gasteiger partial charge in [-0.25, -0.2) is 18.6 Å². The number of aromatic carboxylic acids is 1. The fourth-order valence-corrected chi connectivity index (χ4v) is 3.89. The van der Waals surface area contributed by atoms with E-state index in [0.29, 0.717) is 5.69 Å². The first-order valence-corrected chi connectivity index (χ1v) is 9.41. The fraction of sp³-hybridized carbons (Fsp3) is 0.167. The summed E-state index contributed by atoms with van der Waals surface area (Å²) in [6, 6.07) is 5.20. The molecule has 0 bridgehead atoms. The van der Waals surface area contributed by atoms with Crippen LogP contribution in [0.25, 0.3) is 16.7 Å². The van der Waals surface area contributed by atoms with Gasteiger partial charge < -0.3 is 5.11 Å². The molecule has 2 heterocycles. The average molecular weight is 411 g/mol. The Balaban J connectivity index is 2.65. The van der Waals surface area contributed by atoms with Gasteiger partial charge in [0.15, 0.2) is 16.6 Å². The lowest BCUT2D eigenvalue weighted by Crippen LogP contribution is -2.23. The number of halogens is 3. The summed E-state index contributed by atoms with van der Waals surface area (Å²) in [5, 5.41) is 9.12. The number of hydrogen-bond donors (Lipinski definition) is 1. The molecule has 0 saturated carbocycles. The second-order valence-corrected chi connectivity index (χ2v) is 6.73. The maximum Gasteiger partial charge on any atom is 0.342 e. The first-order valence-electron chi connectivity index (χ1n) is 7.81. The molecule has 0 spiro atoms. The minimum absolute atomic E-state index is 0.0129. The summed E-state index contributed by atoms with van der Waals surface area (Å²) < 4.78 is 29.2. The van der Waals surface area contributed by atoms with E-state index in [1.54, 1.807) is 13.2 Å². The predicted molar refractivity (Wildman–Crippen MR) is 100 cm³/mol. The first-order chi connectivity index (χ1) is 12.8. The normalized spacial score (nSPS) is 11.1. The molecule has 0 radical (unpaired) electrons. The largest absolute Gasteiger partial charge is 0.477 e. The van der Waals surface area contributed by atoms with Crippen molar-refractivity contribution in [3.63, 3.8) is 0 Å².